The van der Waals surface area contributed by atoms with Gasteiger partial charge in [-0.05, 0) is 29.2 Å². The Morgan fingerprint density at radius 2 is 1.21 bits per heavy atom. The van der Waals surface area contributed by atoms with Gasteiger partial charge in [-0.15, -0.1) is 10.2 Å². The minimum absolute atomic E-state index is 0.683. The molecule has 190 valence electrons. The summed E-state index contributed by atoms with van der Waals surface area (Å²) < 4.78 is 3.80. The average molecular weight is 503 g/mol. The molecule has 0 bridgehead atoms. The van der Waals surface area contributed by atoms with Gasteiger partial charge in [0, 0.05) is 36.7 Å². The molecule has 6 aromatic rings. The Kier molecular flexibility index (Phi) is 7.04. The van der Waals surface area contributed by atoms with Crippen molar-refractivity contribution in [2.75, 3.05) is 6.54 Å². The molecular formula is C30H30N8. The number of hydrogen-bond acceptors (Lipinski definition) is 5. The third kappa shape index (κ3) is 5.87. The second-order valence-corrected chi connectivity index (χ2v) is 9.61. The van der Waals surface area contributed by atoms with Gasteiger partial charge in [-0.2, -0.15) is 0 Å². The van der Waals surface area contributed by atoms with Crippen LogP contribution in [0.1, 0.15) is 28.1 Å². The van der Waals surface area contributed by atoms with Crippen LogP contribution in [0.5, 0.6) is 0 Å². The van der Waals surface area contributed by atoms with Crippen LogP contribution in [0.3, 0.4) is 0 Å². The largest absolute Gasteiger partial charge is 0.361 e. The molecule has 0 amide bonds. The molecule has 0 saturated carbocycles. The Bertz CT molecular complexity index is 1500. The van der Waals surface area contributed by atoms with Gasteiger partial charge in [0.1, 0.15) is 0 Å². The van der Waals surface area contributed by atoms with Crippen LogP contribution in [0.4, 0.5) is 0 Å². The van der Waals surface area contributed by atoms with E-state index in [2.05, 4.69) is 85.2 Å². The third-order valence-corrected chi connectivity index (χ3v) is 6.69. The number of H-pyrrole nitrogens is 1. The van der Waals surface area contributed by atoms with Gasteiger partial charge in [0.2, 0.25) is 0 Å². The van der Waals surface area contributed by atoms with Crippen molar-refractivity contribution in [2.45, 2.75) is 32.6 Å². The Hall–Kier alpha value is -4.56. The first-order valence-corrected chi connectivity index (χ1v) is 12.9. The van der Waals surface area contributed by atoms with Gasteiger partial charge in [0.15, 0.2) is 0 Å². The molecule has 0 aliphatic carbocycles. The highest BCUT2D eigenvalue weighted by molar-refractivity contribution is 5.83. The molecule has 0 unspecified atom stereocenters. The molecule has 0 atom stereocenters. The number of nitrogens with one attached hydrogen (secondary N) is 1. The van der Waals surface area contributed by atoms with Crippen LogP contribution in [-0.2, 0) is 32.6 Å². The summed E-state index contributed by atoms with van der Waals surface area (Å²) in [5.74, 6) is 0. The summed E-state index contributed by atoms with van der Waals surface area (Å²) >= 11 is 0. The maximum atomic E-state index is 4.47. The zero-order valence-corrected chi connectivity index (χ0v) is 21.2. The summed E-state index contributed by atoms with van der Waals surface area (Å²) in [7, 11) is 0. The molecular weight excluding hydrogens is 472 g/mol. The van der Waals surface area contributed by atoms with E-state index >= 15 is 0 Å². The molecule has 0 aliphatic heterocycles. The normalized spacial score (nSPS) is 11.5. The smallest absolute Gasteiger partial charge is 0.0967 e. The standard InChI is InChI=1S/C30H30N8/c1-3-9-24(10-4-1)18-37-22-27(32-34-37)20-36(16-15-26-17-31-30-14-8-7-13-29(26)30)21-28-23-38(35-33-28)19-25-11-5-2-6-12-25/h1-14,17,22-23,31H,15-16,18-21H2. The Morgan fingerprint density at radius 3 is 1.82 bits per heavy atom. The minimum atomic E-state index is 0.683. The van der Waals surface area contributed by atoms with Crippen molar-refractivity contribution in [3.63, 3.8) is 0 Å². The SMILES string of the molecule is c1ccc(Cn2cc(CN(CCc3c[nH]c4ccccc34)Cc3cn(Cc4ccccc4)nn3)nn2)cc1. The lowest BCUT2D eigenvalue weighted by Gasteiger charge is -2.19. The average Bonchev–Trinajstić information content (AvgIpc) is 3.69. The van der Waals surface area contributed by atoms with Crippen molar-refractivity contribution < 1.29 is 0 Å². The van der Waals surface area contributed by atoms with E-state index in [1.807, 2.05) is 58.2 Å². The van der Waals surface area contributed by atoms with Crippen LogP contribution in [0.15, 0.2) is 104 Å². The van der Waals surface area contributed by atoms with E-state index < -0.39 is 0 Å². The topological polar surface area (TPSA) is 80.5 Å². The van der Waals surface area contributed by atoms with Crippen molar-refractivity contribution >= 4 is 10.9 Å². The molecule has 0 fully saturated rings. The predicted octanol–water partition coefficient (Wildman–Crippen LogP) is 4.69. The number of nitrogens with zero attached hydrogens (tertiary/aromatic N) is 7. The van der Waals surface area contributed by atoms with Crippen molar-refractivity contribution in [1.82, 2.24) is 39.9 Å². The van der Waals surface area contributed by atoms with E-state index in [1.54, 1.807) is 0 Å². The van der Waals surface area contributed by atoms with Gasteiger partial charge in [-0.1, -0.05) is 89.3 Å². The summed E-state index contributed by atoms with van der Waals surface area (Å²) in [6, 6.07) is 29.1. The Balaban J connectivity index is 1.17. The van der Waals surface area contributed by atoms with Crippen LogP contribution in [0.2, 0.25) is 0 Å². The highest BCUT2D eigenvalue weighted by atomic mass is 15.4. The molecule has 3 aromatic carbocycles. The van der Waals surface area contributed by atoms with E-state index in [0.717, 1.165) is 24.4 Å². The van der Waals surface area contributed by atoms with Crippen molar-refractivity contribution in [2.24, 2.45) is 0 Å². The lowest BCUT2D eigenvalue weighted by molar-refractivity contribution is 0.254. The molecule has 3 aromatic heterocycles. The van der Waals surface area contributed by atoms with Crippen LogP contribution < -0.4 is 0 Å². The van der Waals surface area contributed by atoms with Crippen molar-refractivity contribution in [1.29, 1.82) is 0 Å². The molecule has 3 heterocycles. The third-order valence-electron chi connectivity index (χ3n) is 6.69. The van der Waals surface area contributed by atoms with Crippen LogP contribution in [0, 0.1) is 0 Å². The van der Waals surface area contributed by atoms with Gasteiger partial charge in [0.25, 0.3) is 0 Å². The van der Waals surface area contributed by atoms with E-state index in [1.165, 1.54) is 27.6 Å². The number of fused-ring (bicyclic) bond motifs is 1. The van der Waals surface area contributed by atoms with E-state index in [4.69, 9.17) is 0 Å². The van der Waals surface area contributed by atoms with Crippen LogP contribution in [0.25, 0.3) is 10.9 Å². The van der Waals surface area contributed by atoms with E-state index in [-0.39, 0.29) is 0 Å². The zero-order valence-electron chi connectivity index (χ0n) is 21.2. The zero-order chi connectivity index (χ0) is 25.6. The molecule has 0 saturated heterocycles. The molecule has 1 N–H and O–H groups in total. The fourth-order valence-corrected chi connectivity index (χ4v) is 4.81. The van der Waals surface area contributed by atoms with Crippen LogP contribution in [-0.4, -0.2) is 46.4 Å². The number of aromatic amines is 1. The number of aromatic nitrogens is 7. The quantitative estimate of drug-likeness (QED) is 0.278. The number of hydrogen-bond donors (Lipinski definition) is 1. The summed E-state index contributed by atoms with van der Waals surface area (Å²) in [4.78, 5) is 5.76. The fourth-order valence-electron chi connectivity index (χ4n) is 4.81. The first-order chi connectivity index (χ1) is 18.8. The van der Waals surface area contributed by atoms with Gasteiger partial charge in [0.05, 0.1) is 36.9 Å². The highest BCUT2D eigenvalue weighted by Gasteiger charge is 2.14. The fraction of sp³-hybridized carbons (Fsp3) is 0.200. The molecule has 8 nitrogen and oxygen atoms in total. The number of para-hydroxylation sites is 1. The molecule has 0 spiro atoms. The maximum Gasteiger partial charge on any atom is 0.0967 e. The first-order valence-electron chi connectivity index (χ1n) is 12.9. The Labute approximate surface area is 221 Å². The molecule has 0 aliphatic rings. The second kappa shape index (κ2) is 11.2. The summed E-state index contributed by atoms with van der Waals surface area (Å²) in [6.07, 6.45) is 7.12. The van der Waals surface area contributed by atoms with E-state index in [9.17, 15) is 0 Å². The Morgan fingerprint density at radius 1 is 0.658 bits per heavy atom. The van der Waals surface area contributed by atoms with Crippen molar-refractivity contribution in [3.05, 3.63) is 132 Å². The van der Waals surface area contributed by atoms with Crippen molar-refractivity contribution in [3.8, 4) is 0 Å². The molecule has 6 rings (SSSR count). The predicted molar refractivity (Wildman–Crippen MR) is 147 cm³/mol. The molecule has 0 radical (unpaired) electrons. The summed E-state index contributed by atoms with van der Waals surface area (Å²) in [6.45, 7) is 3.64. The van der Waals surface area contributed by atoms with Gasteiger partial charge < -0.3 is 4.98 Å². The van der Waals surface area contributed by atoms with Crippen LogP contribution >= 0.6 is 0 Å². The number of rotatable bonds is 11. The lowest BCUT2D eigenvalue weighted by atomic mass is 10.1. The molecule has 38 heavy (non-hydrogen) atoms. The van der Waals surface area contributed by atoms with Gasteiger partial charge in [-0.3, -0.25) is 4.90 Å². The molecule has 8 heteroatoms. The minimum Gasteiger partial charge on any atom is -0.361 e. The maximum absolute atomic E-state index is 4.47. The lowest BCUT2D eigenvalue weighted by Crippen LogP contribution is -2.25. The van der Waals surface area contributed by atoms with Gasteiger partial charge >= 0.3 is 0 Å². The first kappa shape index (κ1) is 23.8. The van der Waals surface area contributed by atoms with E-state index in [0.29, 0.717) is 26.2 Å². The van der Waals surface area contributed by atoms with Gasteiger partial charge in [-0.25, -0.2) is 9.36 Å². The number of benzene rings is 3. The summed E-state index contributed by atoms with van der Waals surface area (Å²) in [5.41, 5.74) is 6.77. The summed E-state index contributed by atoms with van der Waals surface area (Å²) in [5, 5.41) is 19.0. The highest BCUT2D eigenvalue weighted by Crippen LogP contribution is 2.19. The monoisotopic (exact) mass is 502 g/mol. The second-order valence-electron chi connectivity index (χ2n) is 9.61.